The van der Waals surface area contributed by atoms with Crippen LogP contribution in [0.5, 0.6) is 0 Å². The van der Waals surface area contributed by atoms with Crippen LogP contribution in [0.4, 0.5) is 5.69 Å². The van der Waals surface area contributed by atoms with Gasteiger partial charge in [-0.25, -0.2) is 8.42 Å². The van der Waals surface area contributed by atoms with E-state index in [9.17, 15) is 23.3 Å². The van der Waals surface area contributed by atoms with Crippen molar-refractivity contribution < 1.29 is 18.1 Å². The van der Waals surface area contributed by atoms with Crippen molar-refractivity contribution in [3.63, 3.8) is 0 Å². The van der Waals surface area contributed by atoms with Crippen LogP contribution in [-0.4, -0.2) is 37.6 Å². The van der Waals surface area contributed by atoms with E-state index in [1.165, 1.54) is 26.2 Å². The SMILES string of the molecule is CNC(=O)c1ccc(CN(C)S(=O)(=O)c2ccc([N+](=O)[O-])cc2)cc1. The van der Waals surface area contributed by atoms with Gasteiger partial charge in [0.25, 0.3) is 11.6 Å². The lowest BCUT2D eigenvalue weighted by molar-refractivity contribution is -0.384. The second kappa shape index (κ2) is 7.41. The molecule has 0 unspecified atom stereocenters. The van der Waals surface area contributed by atoms with E-state index in [1.54, 1.807) is 24.3 Å². The maximum Gasteiger partial charge on any atom is 0.269 e. The summed E-state index contributed by atoms with van der Waals surface area (Å²) < 4.78 is 26.2. The predicted octanol–water partition coefficient (Wildman–Crippen LogP) is 1.78. The summed E-state index contributed by atoms with van der Waals surface area (Å²) in [5.74, 6) is -0.224. The van der Waals surface area contributed by atoms with Gasteiger partial charge in [-0.2, -0.15) is 4.31 Å². The molecule has 132 valence electrons. The van der Waals surface area contributed by atoms with Gasteiger partial charge in [0, 0.05) is 38.3 Å². The standard InChI is InChI=1S/C16H17N3O5S/c1-17-16(20)13-5-3-12(4-6-13)11-18(2)25(23,24)15-9-7-14(8-10-15)19(21)22/h3-10H,11H2,1-2H3,(H,17,20). The minimum absolute atomic E-state index is 0.0254. The summed E-state index contributed by atoms with van der Waals surface area (Å²) >= 11 is 0. The molecule has 2 aromatic rings. The van der Waals surface area contributed by atoms with E-state index in [1.807, 2.05) is 0 Å². The fraction of sp³-hybridized carbons (Fsp3) is 0.188. The number of carbonyl (C=O) groups is 1. The highest BCUT2D eigenvalue weighted by molar-refractivity contribution is 7.89. The molecule has 0 aliphatic carbocycles. The molecule has 0 aliphatic heterocycles. The van der Waals surface area contributed by atoms with E-state index < -0.39 is 14.9 Å². The Morgan fingerprint density at radius 2 is 1.68 bits per heavy atom. The molecular weight excluding hydrogens is 346 g/mol. The van der Waals surface area contributed by atoms with Gasteiger partial charge < -0.3 is 5.32 Å². The van der Waals surface area contributed by atoms with Crippen LogP contribution in [0.3, 0.4) is 0 Å². The Kier molecular flexibility index (Phi) is 5.50. The van der Waals surface area contributed by atoms with Crippen LogP contribution >= 0.6 is 0 Å². The zero-order chi connectivity index (χ0) is 18.6. The Labute approximate surface area is 145 Å². The van der Waals surface area contributed by atoms with Crippen LogP contribution in [0.15, 0.2) is 53.4 Å². The van der Waals surface area contributed by atoms with Crippen molar-refractivity contribution in [3.05, 3.63) is 69.8 Å². The van der Waals surface area contributed by atoms with E-state index in [0.29, 0.717) is 11.1 Å². The number of nitrogens with zero attached hydrogens (tertiary/aromatic N) is 2. The van der Waals surface area contributed by atoms with Crippen molar-refractivity contribution in [1.82, 2.24) is 9.62 Å². The molecule has 0 aromatic heterocycles. The molecule has 0 radical (unpaired) electrons. The van der Waals surface area contributed by atoms with Gasteiger partial charge in [0.1, 0.15) is 0 Å². The summed E-state index contributed by atoms with van der Waals surface area (Å²) in [5.41, 5.74) is 1.01. The molecule has 1 amide bonds. The highest BCUT2D eigenvalue weighted by Gasteiger charge is 2.22. The monoisotopic (exact) mass is 363 g/mol. The van der Waals surface area contributed by atoms with Crippen molar-refractivity contribution in [3.8, 4) is 0 Å². The van der Waals surface area contributed by atoms with Crippen LogP contribution in [0.1, 0.15) is 15.9 Å². The van der Waals surface area contributed by atoms with Gasteiger partial charge in [0.15, 0.2) is 0 Å². The highest BCUT2D eigenvalue weighted by Crippen LogP contribution is 2.20. The molecule has 1 N–H and O–H groups in total. The first-order valence-electron chi connectivity index (χ1n) is 7.27. The largest absolute Gasteiger partial charge is 0.355 e. The second-order valence-electron chi connectivity index (χ2n) is 5.29. The first-order chi connectivity index (χ1) is 11.8. The maximum atomic E-state index is 12.5. The summed E-state index contributed by atoms with van der Waals surface area (Å²) in [4.78, 5) is 21.5. The first-order valence-corrected chi connectivity index (χ1v) is 8.71. The normalized spacial score (nSPS) is 11.3. The van der Waals surface area contributed by atoms with E-state index in [4.69, 9.17) is 0 Å². The van der Waals surface area contributed by atoms with Gasteiger partial charge in [0.2, 0.25) is 10.0 Å². The van der Waals surface area contributed by atoms with E-state index in [0.717, 1.165) is 16.4 Å². The van der Waals surface area contributed by atoms with Gasteiger partial charge >= 0.3 is 0 Å². The molecule has 0 atom stereocenters. The Morgan fingerprint density at radius 3 is 2.16 bits per heavy atom. The highest BCUT2D eigenvalue weighted by atomic mass is 32.2. The number of amides is 1. The van der Waals surface area contributed by atoms with Gasteiger partial charge in [-0.15, -0.1) is 0 Å². The minimum Gasteiger partial charge on any atom is -0.355 e. The first kappa shape index (κ1) is 18.6. The summed E-state index contributed by atoms with van der Waals surface area (Å²) in [6.45, 7) is 0.105. The zero-order valence-electron chi connectivity index (χ0n) is 13.7. The lowest BCUT2D eigenvalue weighted by atomic mass is 10.1. The number of carbonyl (C=O) groups excluding carboxylic acids is 1. The smallest absolute Gasteiger partial charge is 0.269 e. The molecule has 0 heterocycles. The van der Waals surface area contributed by atoms with E-state index in [2.05, 4.69) is 5.32 Å². The Bertz CT molecular complexity index is 877. The van der Waals surface area contributed by atoms with Crippen molar-refractivity contribution >= 4 is 21.6 Å². The van der Waals surface area contributed by atoms with Crippen molar-refractivity contribution in [2.75, 3.05) is 14.1 Å². The molecule has 2 rings (SSSR count). The molecule has 0 aliphatic rings. The predicted molar refractivity (Wildman–Crippen MR) is 91.6 cm³/mol. The minimum atomic E-state index is -3.78. The lowest BCUT2D eigenvalue weighted by Crippen LogP contribution is -2.26. The number of nitro groups is 1. The number of hydrogen-bond acceptors (Lipinski definition) is 5. The lowest BCUT2D eigenvalue weighted by Gasteiger charge is -2.17. The summed E-state index contributed by atoms with van der Waals surface area (Å²) in [6, 6.07) is 11.3. The quantitative estimate of drug-likeness (QED) is 0.621. The molecular formula is C16H17N3O5S. The molecule has 9 heteroatoms. The molecule has 0 bridgehead atoms. The molecule has 0 saturated heterocycles. The van der Waals surface area contributed by atoms with Crippen LogP contribution < -0.4 is 5.32 Å². The fourth-order valence-electron chi connectivity index (χ4n) is 2.17. The summed E-state index contributed by atoms with van der Waals surface area (Å²) in [7, 11) is -0.831. The molecule has 2 aromatic carbocycles. The second-order valence-corrected chi connectivity index (χ2v) is 7.33. The molecule has 0 fully saturated rings. The average molecular weight is 363 g/mol. The van der Waals surface area contributed by atoms with Crippen LogP contribution in [0.25, 0.3) is 0 Å². The number of non-ortho nitro benzene ring substituents is 1. The summed E-state index contributed by atoms with van der Waals surface area (Å²) in [5, 5.41) is 13.2. The number of sulfonamides is 1. The van der Waals surface area contributed by atoms with E-state index in [-0.39, 0.29) is 23.0 Å². The van der Waals surface area contributed by atoms with E-state index >= 15 is 0 Å². The third-order valence-electron chi connectivity index (χ3n) is 3.60. The Balaban J connectivity index is 2.16. The van der Waals surface area contributed by atoms with Crippen LogP contribution in [-0.2, 0) is 16.6 Å². The average Bonchev–Trinajstić information content (AvgIpc) is 2.61. The molecule has 0 spiro atoms. The summed E-state index contributed by atoms with van der Waals surface area (Å²) in [6.07, 6.45) is 0. The van der Waals surface area contributed by atoms with Crippen molar-refractivity contribution in [1.29, 1.82) is 0 Å². The van der Waals surface area contributed by atoms with Crippen LogP contribution in [0.2, 0.25) is 0 Å². The number of nitro benzene ring substituents is 1. The third-order valence-corrected chi connectivity index (χ3v) is 5.42. The Morgan fingerprint density at radius 1 is 1.12 bits per heavy atom. The van der Waals surface area contributed by atoms with Gasteiger partial charge in [-0.3, -0.25) is 14.9 Å². The van der Waals surface area contributed by atoms with Gasteiger partial charge in [-0.05, 0) is 29.8 Å². The third kappa shape index (κ3) is 4.20. The molecule has 25 heavy (non-hydrogen) atoms. The molecule has 8 nitrogen and oxygen atoms in total. The number of nitrogens with one attached hydrogen (secondary N) is 1. The zero-order valence-corrected chi connectivity index (χ0v) is 14.5. The van der Waals surface area contributed by atoms with Crippen LogP contribution in [0, 0.1) is 10.1 Å². The Hall–Kier alpha value is -2.78. The van der Waals surface area contributed by atoms with Gasteiger partial charge in [0.05, 0.1) is 9.82 Å². The molecule has 0 saturated carbocycles. The fourth-order valence-corrected chi connectivity index (χ4v) is 3.33. The van der Waals surface area contributed by atoms with Crippen molar-refractivity contribution in [2.24, 2.45) is 0 Å². The number of rotatable bonds is 6. The topological polar surface area (TPSA) is 110 Å². The number of benzene rings is 2. The van der Waals surface area contributed by atoms with Gasteiger partial charge in [-0.1, -0.05) is 12.1 Å². The number of hydrogen-bond donors (Lipinski definition) is 1. The van der Waals surface area contributed by atoms with Crippen molar-refractivity contribution in [2.45, 2.75) is 11.4 Å². The maximum absolute atomic E-state index is 12.5.